The Labute approximate surface area is 474 Å². The molecule has 0 N–H and O–H groups in total. The van der Waals surface area contributed by atoms with E-state index in [4.69, 9.17) is 0 Å². The van der Waals surface area contributed by atoms with Gasteiger partial charge in [-0.05, 0) is 175 Å². The Bertz CT molecular complexity index is 3150. The van der Waals surface area contributed by atoms with Crippen molar-refractivity contribution in [3.05, 3.63) is 286 Å². The Morgan fingerprint density at radius 3 is 1.69 bits per heavy atom. The van der Waals surface area contributed by atoms with Crippen LogP contribution in [0.1, 0.15) is 164 Å². The molecule has 0 aliphatic heterocycles. The molecule has 78 heavy (non-hydrogen) atoms. The van der Waals surface area contributed by atoms with Crippen molar-refractivity contribution < 1.29 is 0 Å². The van der Waals surface area contributed by atoms with Gasteiger partial charge in [0.15, 0.2) is 0 Å². The predicted octanol–water partition coefficient (Wildman–Crippen LogP) is 23.5. The molecule has 0 heteroatoms. The van der Waals surface area contributed by atoms with Crippen LogP contribution in [0, 0.1) is 13.8 Å². The van der Waals surface area contributed by atoms with Crippen molar-refractivity contribution in [1.82, 2.24) is 0 Å². The topological polar surface area (TPSA) is 0 Å². The zero-order chi connectivity index (χ0) is 56.2. The Kier molecular flexibility index (Phi) is 26.1. The molecule has 404 valence electrons. The highest BCUT2D eigenvalue weighted by Crippen LogP contribution is 2.43. The molecule has 2 aliphatic rings. The molecule has 0 saturated carbocycles. The van der Waals surface area contributed by atoms with Crippen molar-refractivity contribution in [2.24, 2.45) is 0 Å². The van der Waals surface area contributed by atoms with E-state index in [0.29, 0.717) is 11.8 Å². The van der Waals surface area contributed by atoms with Crippen LogP contribution < -0.4 is 0 Å². The average Bonchev–Trinajstić information content (AvgIpc) is 3.52. The second-order valence-corrected chi connectivity index (χ2v) is 20.7. The normalized spacial score (nSPS) is 13.4. The summed E-state index contributed by atoms with van der Waals surface area (Å²) >= 11 is 0. The smallest absolute Gasteiger partial charge is 0.00887 e. The monoisotopic (exact) mass is 1030 g/mol. The molecule has 0 saturated heterocycles. The van der Waals surface area contributed by atoms with Crippen molar-refractivity contribution in [1.29, 1.82) is 0 Å². The van der Waals surface area contributed by atoms with Gasteiger partial charge >= 0.3 is 0 Å². The second-order valence-electron chi connectivity index (χ2n) is 20.7. The summed E-state index contributed by atoms with van der Waals surface area (Å²) in [6.45, 7) is 29.9. The molecule has 0 bridgehead atoms. The van der Waals surface area contributed by atoms with Gasteiger partial charge in [0.05, 0.1) is 0 Å². The van der Waals surface area contributed by atoms with E-state index in [0.717, 1.165) is 12.8 Å². The number of hydrogen-bond donors (Lipinski definition) is 0. The van der Waals surface area contributed by atoms with Gasteiger partial charge in [-0.3, -0.25) is 0 Å². The van der Waals surface area contributed by atoms with Crippen LogP contribution >= 0.6 is 0 Å². The fraction of sp³-hybridized carbons (Fsp3) is 0.282. The minimum atomic E-state index is 0.498. The van der Waals surface area contributed by atoms with Crippen LogP contribution in [0.3, 0.4) is 0 Å². The van der Waals surface area contributed by atoms with E-state index in [1.54, 1.807) is 0 Å². The average molecular weight is 1030 g/mol. The lowest BCUT2D eigenvalue weighted by Crippen LogP contribution is -2.10. The number of hydrogen-bond acceptors (Lipinski definition) is 0. The first-order valence-electron chi connectivity index (χ1n) is 29.3. The van der Waals surface area contributed by atoms with Crippen LogP contribution in [0.2, 0.25) is 0 Å². The van der Waals surface area contributed by atoms with E-state index in [-0.39, 0.29) is 0 Å². The summed E-state index contributed by atoms with van der Waals surface area (Å²) in [6, 6.07) is 74.0. The first kappa shape index (κ1) is 61.6. The van der Waals surface area contributed by atoms with Crippen LogP contribution in [0.25, 0.3) is 44.5 Å². The van der Waals surface area contributed by atoms with Crippen LogP contribution in [0.5, 0.6) is 0 Å². The standard InChI is InChI=1S/C27H28.C25H28.C13H12.C9H12.2C2H6/c1-20(2)22-13-10-14-23(19-22)25-16-7-9-18-27(25)26-17-8-6-15-24(26)21-11-4-3-5-12-21;1-17(2)16-21-11-7-9-13-25(21)24-15-14-23(19(4)20(24)5)22-12-8-6-10-18(22)3;1-11-6-5-9-13(10-11)12-7-3-2-4-8-12;1-2-6-9-7-4-3-5-8-9;2*1-2/h6-11,13-20H,3-5,12H2,1-2H3;6-13,15,23H,1,14,16H2,2-5H3;2-10H,1H3;3-5,7-8H,2,6H2,1H3;2*1-2H3. The van der Waals surface area contributed by atoms with Crippen molar-refractivity contribution >= 4 is 11.1 Å². The number of rotatable bonds is 11. The quantitative estimate of drug-likeness (QED) is 0.113. The maximum absolute atomic E-state index is 4.10. The molecule has 0 radical (unpaired) electrons. The lowest BCUT2D eigenvalue weighted by Gasteiger charge is -2.28. The zero-order valence-electron chi connectivity index (χ0n) is 49.8. The maximum atomic E-state index is 4.10. The third kappa shape index (κ3) is 17.9. The Hall–Kier alpha value is -7.28. The Balaban J connectivity index is 0.000000201. The van der Waals surface area contributed by atoms with Gasteiger partial charge in [0.1, 0.15) is 0 Å². The van der Waals surface area contributed by atoms with E-state index >= 15 is 0 Å². The van der Waals surface area contributed by atoms with E-state index in [9.17, 15) is 0 Å². The van der Waals surface area contributed by atoms with Gasteiger partial charge in [0, 0.05) is 5.92 Å². The predicted molar refractivity (Wildman–Crippen MR) is 347 cm³/mol. The van der Waals surface area contributed by atoms with E-state index < -0.39 is 0 Å². The summed E-state index contributed by atoms with van der Waals surface area (Å²) in [7, 11) is 0. The van der Waals surface area contributed by atoms with Gasteiger partial charge in [0.2, 0.25) is 0 Å². The van der Waals surface area contributed by atoms with E-state index in [2.05, 4.69) is 274 Å². The molecule has 10 rings (SSSR count). The Morgan fingerprint density at radius 2 is 1.08 bits per heavy atom. The fourth-order valence-corrected chi connectivity index (χ4v) is 10.5. The lowest BCUT2D eigenvalue weighted by molar-refractivity contribution is 0.742. The highest BCUT2D eigenvalue weighted by Gasteiger charge is 2.23. The summed E-state index contributed by atoms with van der Waals surface area (Å²) in [6.07, 6.45) is 14.4. The van der Waals surface area contributed by atoms with Gasteiger partial charge in [0.25, 0.3) is 0 Å². The Morgan fingerprint density at radius 1 is 0.526 bits per heavy atom. The molecule has 8 aromatic rings. The first-order chi connectivity index (χ1) is 38.0. The molecule has 0 fully saturated rings. The lowest BCUT2D eigenvalue weighted by atomic mass is 9.77. The van der Waals surface area contributed by atoms with Gasteiger partial charge in [-0.15, -0.1) is 0 Å². The van der Waals surface area contributed by atoms with Gasteiger partial charge in [-0.2, -0.15) is 0 Å². The largest absolute Gasteiger partial charge is 0.0998 e. The highest BCUT2D eigenvalue weighted by molar-refractivity contribution is 5.90. The van der Waals surface area contributed by atoms with Crippen molar-refractivity contribution in [3.8, 4) is 33.4 Å². The summed E-state index contributed by atoms with van der Waals surface area (Å²) < 4.78 is 0. The van der Waals surface area contributed by atoms with Gasteiger partial charge in [-0.25, -0.2) is 0 Å². The molecule has 0 spiro atoms. The molecular formula is C78H92. The molecule has 8 aromatic carbocycles. The molecule has 1 unspecified atom stereocenters. The molecule has 1 atom stereocenters. The molecule has 0 amide bonds. The minimum absolute atomic E-state index is 0.498. The maximum Gasteiger partial charge on any atom is 0.00887 e. The van der Waals surface area contributed by atoms with Crippen LogP contribution in [0.4, 0.5) is 0 Å². The third-order valence-electron chi connectivity index (χ3n) is 14.6. The van der Waals surface area contributed by atoms with Crippen LogP contribution in [0.15, 0.2) is 242 Å². The highest BCUT2D eigenvalue weighted by atomic mass is 14.3. The van der Waals surface area contributed by atoms with Crippen molar-refractivity contribution in [3.63, 3.8) is 0 Å². The van der Waals surface area contributed by atoms with Crippen molar-refractivity contribution in [2.45, 2.75) is 146 Å². The van der Waals surface area contributed by atoms with E-state index in [1.807, 2.05) is 33.8 Å². The van der Waals surface area contributed by atoms with Crippen LogP contribution in [-0.4, -0.2) is 0 Å². The summed E-state index contributed by atoms with van der Waals surface area (Å²) in [4.78, 5) is 0. The number of allylic oxidation sites excluding steroid dienone is 7. The third-order valence-corrected chi connectivity index (χ3v) is 14.6. The summed E-state index contributed by atoms with van der Waals surface area (Å²) in [5.41, 5.74) is 26.1. The molecular weight excluding hydrogens is 937 g/mol. The van der Waals surface area contributed by atoms with E-state index in [1.165, 1.54) is 144 Å². The molecule has 0 aromatic heterocycles. The number of aryl methyl sites for hydroxylation is 3. The first-order valence-corrected chi connectivity index (χ1v) is 29.3. The zero-order valence-corrected chi connectivity index (χ0v) is 49.8. The minimum Gasteiger partial charge on any atom is -0.0998 e. The summed E-state index contributed by atoms with van der Waals surface area (Å²) in [5.74, 6) is 1.04. The second kappa shape index (κ2) is 33.1. The van der Waals surface area contributed by atoms with Gasteiger partial charge in [-0.1, -0.05) is 297 Å². The molecule has 0 heterocycles. The van der Waals surface area contributed by atoms with Crippen LogP contribution in [-0.2, 0) is 12.8 Å². The molecule has 0 nitrogen and oxygen atoms in total. The van der Waals surface area contributed by atoms with Crippen molar-refractivity contribution in [2.75, 3.05) is 0 Å². The van der Waals surface area contributed by atoms with Gasteiger partial charge < -0.3 is 0 Å². The fourth-order valence-electron chi connectivity index (χ4n) is 10.5. The summed E-state index contributed by atoms with van der Waals surface area (Å²) in [5, 5.41) is 0. The number of benzene rings is 8. The molecule has 2 aliphatic carbocycles. The SMILES string of the molecule is C=C(C)Cc1ccccc1C1=CCC(c2ccccc2C)C(C)=C1C.CC.CC.CC(C)c1cccc(-c2ccccc2-c2ccccc2C2=CCCCC2)c1.CCCc1ccccc1.Cc1cccc(-c2ccccc2)c1.